The first-order chi connectivity index (χ1) is 9.49. The first kappa shape index (κ1) is 13.8. The quantitative estimate of drug-likeness (QED) is 0.876. The Kier molecular flexibility index (Phi) is 3.83. The topological polar surface area (TPSA) is 110 Å². The van der Waals surface area contributed by atoms with Gasteiger partial charge in [-0.1, -0.05) is 5.16 Å². The number of hydrogen-bond donors (Lipinski definition) is 2. The number of ether oxygens (including phenoxy) is 1. The minimum atomic E-state index is -1.15. The van der Waals surface area contributed by atoms with Gasteiger partial charge in [0.15, 0.2) is 0 Å². The molecule has 0 aliphatic heterocycles. The molecule has 2 heterocycles. The first-order valence-corrected chi connectivity index (χ1v) is 5.85. The highest BCUT2D eigenvalue weighted by molar-refractivity contribution is 5.65. The second-order valence-corrected chi connectivity index (χ2v) is 4.17. The van der Waals surface area contributed by atoms with Gasteiger partial charge in [0.25, 0.3) is 0 Å². The maximum Gasteiger partial charge on any atom is 0.405 e. The number of aromatic nitrogens is 3. The number of hydrogen-bond acceptors (Lipinski definition) is 6. The number of carboxylic acid groups (broad SMARTS) is 1. The molecule has 106 valence electrons. The van der Waals surface area contributed by atoms with Crippen LogP contribution < -0.4 is 10.1 Å². The molecule has 0 saturated carbocycles. The fraction of sp³-hybridized carbons (Fsp3) is 0.333. The molecule has 0 bridgehead atoms. The lowest BCUT2D eigenvalue weighted by Gasteiger charge is -2.04. The first-order valence-electron chi connectivity index (χ1n) is 5.85. The molecule has 20 heavy (non-hydrogen) atoms. The van der Waals surface area contributed by atoms with Crippen LogP contribution in [0.2, 0.25) is 0 Å². The minimum Gasteiger partial charge on any atom is -0.481 e. The van der Waals surface area contributed by atoms with Crippen LogP contribution in [0.3, 0.4) is 0 Å². The van der Waals surface area contributed by atoms with Gasteiger partial charge in [-0.15, -0.1) is 0 Å². The number of methoxy groups -OCH3 is 1. The maximum atomic E-state index is 10.6. The molecule has 2 rings (SSSR count). The minimum absolute atomic E-state index is 0.191. The van der Waals surface area contributed by atoms with Gasteiger partial charge in [0.05, 0.1) is 7.11 Å². The van der Waals surface area contributed by atoms with Crippen LogP contribution in [0.25, 0.3) is 11.4 Å². The van der Waals surface area contributed by atoms with E-state index in [2.05, 4.69) is 20.4 Å². The van der Waals surface area contributed by atoms with Crippen molar-refractivity contribution in [3.05, 3.63) is 23.7 Å². The molecule has 8 nitrogen and oxygen atoms in total. The molecule has 0 saturated heterocycles. The van der Waals surface area contributed by atoms with E-state index < -0.39 is 12.1 Å². The SMILES string of the molecule is COc1cc(-c2noc(C(C)NC(=O)O)n2)cc(C)n1. The predicted octanol–water partition coefficient (Wildman–Crippen LogP) is 1.78. The summed E-state index contributed by atoms with van der Waals surface area (Å²) in [6.07, 6.45) is -1.15. The van der Waals surface area contributed by atoms with Crippen LogP contribution in [-0.4, -0.2) is 33.4 Å². The summed E-state index contributed by atoms with van der Waals surface area (Å²) >= 11 is 0. The molecule has 2 aromatic heterocycles. The monoisotopic (exact) mass is 278 g/mol. The third-order valence-corrected chi connectivity index (χ3v) is 2.55. The van der Waals surface area contributed by atoms with Crippen LogP contribution in [0.1, 0.15) is 24.6 Å². The summed E-state index contributed by atoms with van der Waals surface area (Å²) in [6.45, 7) is 3.44. The lowest BCUT2D eigenvalue weighted by molar-refractivity contribution is 0.187. The Balaban J connectivity index is 2.28. The van der Waals surface area contributed by atoms with Crippen molar-refractivity contribution in [2.45, 2.75) is 19.9 Å². The van der Waals surface area contributed by atoms with Gasteiger partial charge in [-0.3, -0.25) is 0 Å². The number of nitrogens with zero attached hydrogens (tertiary/aromatic N) is 3. The average Bonchev–Trinajstić information content (AvgIpc) is 2.86. The molecule has 0 aliphatic carbocycles. The van der Waals surface area contributed by atoms with Crippen molar-refractivity contribution in [1.82, 2.24) is 20.4 Å². The third kappa shape index (κ3) is 3.02. The highest BCUT2D eigenvalue weighted by Gasteiger charge is 2.17. The van der Waals surface area contributed by atoms with Gasteiger partial charge in [-0.2, -0.15) is 4.98 Å². The Morgan fingerprint density at radius 3 is 2.85 bits per heavy atom. The molecule has 0 radical (unpaired) electrons. The molecule has 0 spiro atoms. The Morgan fingerprint density at radius 2 is 2.20 bits per heavy atom. The largest absolute Gasteiger partial charge is 0.481 e. The molecule has 2 N–H and O–H groups in total. The maximum absolute atomic E-state index is 10.6. The van der Waals surface area contributed by atoms with E-state index in [1.165, 1.54) is 7.11 Å². The summed E-state index contributed by atoms with van der Waals surface area (Å²) in [7, 11) is 1.52. The fourth-order valence-electron chi connectivity index (χ4n) is 1.65. The standard InChI is InChI=1S/C12H14N4O4/c1-6-4-8(5-9(13-6)19-3)10-15-11(20-16-10)7(2)14-12(17)18/h4-5,7,14H,1-3H3,(H,17,18). The van der Waals surface area contributed by atoms with Crippen LogP contribution in [0.4, 0.5) is 4.79 Å². The number of nitrogens with one attached hydrogen (secondary N) is 1. The van der Waals surface area contributed by atoms with Crippen LogP contribution >= 0.6 is 0 Å². The van der Waals surface area contributed by atoms with Crippen molar-refractivity contribution in [1.29, 1.82) is 0 Å². The highest BCUT2D eigenvalue weighted by Crippen LogP contribution is 2.22. The number of carbonyl (C=O) groups is 1. The number of pyridine rings is 1. The van der Waals surface area contributed by atoms with E-state index in [1.807, 2.05) is 6.92 Å². The summed E-state index contributed by atoms with van der Waals surface area (Å²) in [4.78, 5) is 18.9. The summed E-state index contributed by atoms with van der Waals surface area (Å²) in [5, 5.41) is 14.7. The smallest absolute Gasteiger partial charge is 0.405 e. The highest BCUT2D eigenvalue weighted by atomic mass is 16.5. The summed E-state index contributed by atoms with van der Waals surface area (Å²) in [5.41, 5.74) is 1.44. The molecular formula is C12H14N4O4. The normalized spacial score (nSPS) is 11.9. The zero-order valence-electron chi connectivity index (χ0n) is 11.2. The molecule has 1 atom stereocenters. The van der Waals surface area contributed by atoms with Crippen molar-refractivity contribution >= 4 is 6.09 Å². The van der Waals surface area contributed by atoms with Gasteiger partial charge < -0.3 is 19.7 Å². The van der Waals surface area contributed by atoms with Crippen LogP contribution in [0.5, 0.6) is 5.88 Å². The van der Waals surface area contributed by atoms with Gasteiger partial charge in [-0.25, -0.2) is 9.78 Å². The van der Waals surface area contributed by atoms with Gasteiger partial charge in [-0.05, 0) is 19.9 Å². The van der Waals surface area contributed by atoms with E-state index in [0.29, 0.717) is 17.3 Å². The molecule has 0 fully saturated rings. The molecule has 0 aromatic carbocycles. The van der Waals surface area contributed by atoms with E-state index in [1.54, 1.807) is 19.1 Å². The Morgan fingerprint density at radius 1 is 1.45 bits per heavy atom. The molecule has 1 unspecified atom stereocenters. The summed E-state index contributed by atoms with van der Waals surface area (Å²) in [5.74, 6) is 0.988. The lowest BCUT2D eigenvalue weighted by atomic mass is 10.2. The van der Waals surface area contributed by atoms with E-state index >= 15 is 0 Å². The van der Waals surface area contributed by atoms with Crippen molar-refractivity contribution in [2.75, 3.05) is 7.11 Å². The number of amides is 1. The Labute approximate surface area is 114 Å². The zero-order chi connectivity index (χ0) is 14.7. The molecule has 2 aromatic rings. The fourth-order valence-corrected chi connectivity index (χ4v) is 1.65. The van der Waals surface area contributed by atoms with E-state index in [0.717, 1.165) is 5.69 Å². The molecule has 0 aliphatic rings. The Hall–Kier alpha value is -2.64. The Bertz CT molecular complexity index is 626. The van der Waals surface area contributed by atoms with Crippen LogP contribution in [0, 0.1) is 6.92 Å². The predicted molar refractivity (Wildman–Crippen MR) is 68.4 cm³/mol. The van der Waals surface area contributed by atoms with Gasteiger partial charge in [0.2, 0.25) is 17.6 Å². The third-order valence-electron chi connectivity index (χ3n) is 2.55. The lowest BCUT2D eigenvalue weighted by Crippen LogP contribution is -2.24. The number of rotatable bonds is 4. The van der Waals surface area contributed by atoms with Gasteiger partial charge >= 0.3 is 6.09 Å². The number of aryl methyl sites for hydroxylation is 1. The van der Waals surface area contributed by atoms with E-state index in [4.69, 9.17) is 14.4 Å². The molecule has 8 heteroatoms. The summed E-state index contributed by atoms with van der Waals surface area (Å²) < 4.78 is 10.1. The van der Waals surface area contributed by atoms with Crippen molar-refractivity contribution in [3.63, 3.8) is 0 Å². The molecular weight excluding hydrogens is 264 g/mol. The van der Waals surface area contributed by atoms with Gasteiger partial charge in [0, 0.05) is 17.3 Å². The van der Waals surface area contributed by atoms with Crippen molar-refractivity contribution in [3.8, 4) is 17.3 Å². The van der Waals surface area contributed by atoms with E-state index in [-0.39, 0.29) is 5.89 Å². The van der Waals surface area contributed by atoms with Crippen molar-refractivity contribution in [2.24, 2.45) is 0 Å². The zero-order valence-corrected chi connectivity index (χ0v) is 11.2. The average molecular weight is 278 g/mol. The second-order valence-electron chi connectivity index (χ2n) is 4.17. The molecule has 1 amide bonds. The summed E-state index contributed by atoms with van der Waals surface area (Å²) in [6, 6.07) is 2.88. The van der Waals surface area contributed by atoms with Crippen molar-refractivity contribution < 1.29 is 19.2 Å². The van der Waals surface area contributed by atoms with E-state index in [9.17, 15) is 4.79 Å². The second kappa shape index (κ2) is 5.55. The van der Waals surface area contributed by atoms with Gasteiger partial charge in [0.1, 0.15) is 6.04 Å². The van der Waals surface area contributed by atoms with Crippen LogP contribution in [0.15, 0.2) is 16.7 Å². The van der Waals surface area contributed by atoms with Crippen LogP contribution in [-0.2, 0) is 0 Å².